The second-order valence-corrected chi connectivity index (χ2v) is 4.35. The summed E-state index contributed by atoms with van der Waals surface area (Å²) in [6, 6.07) is 6.27. The van der Waals surface area contributed by atoms with E-state index < -0.39 is 0 Å². The SMILES string of the molecule is Nc1cc(Br)ccc1N[C@@H]1CCOC1. The van der Waals surface area contributed by atoms with Gasteiger partial charge in [-0.15, -0.1) is 0 Å². The smallest absolute Gasteiger partial charge is 0.0668 e. The molecule has 3 nitrogen and oxygen atoms in total. The third kappa shape index (κ3) is 2.19. The molecule has 0 saturated carbocycles. The Morgan fingerprint density at radius 2 is 2.36 bits per heavy atom. The van der Waals surface area contributed by atoms with Crippen molar-refractivity contribution in [3.05, 3.63) is 22.7 Å². The van der Waals surface area contributed by atoms with Crippen LogP contribution in [0.3, 0.4) is 0 Å². The van der Waals surface area contributed by atoms with Gasteiger partial charge in [0.2, 0.25) is 0 Å². The van der Waals surface area contributed by atoms with E-state index in [1.807, 2.05) is 18.2 Å². The van der Waals surface area contributed by atoms with Crippen LogP contribution in [0.2, 0.25) is 0 Å². The fourth-order valence-corrected chi connectivity index (χ4v) is 1.91. The predicted molar refractivity (Wildman–Crippen MR) is 61.4 cm³/mol. The zero-order valence-corrected chi connectivity index (χ0v) is 9.38. The van der Waals surface area contributed by atoms with Gasteiger partial charge in [0.15, 0.2) is 0 Å². The highest BCUT2D eigenvalue weighted by molar-refractivity contribution is 9.10. The Morgan fingerprint density at radius 1 is 1.50 bits per heavy atom. The summed E-state index contributed by atoms with van der Waals surface area (Å²) >= 11 is 3.38. The van der Waals surface area contributed by atoms with Crippen molar-refractivity contribution in [1.82, 2.24) is 0 Å². The molecule has 0 aliphatic carbocycles. The van der Waals surface area contributed by atoms with Crippen molar-refractivity contribution in [2.75, 3.05) is 24.3 Å². The molecule has 14 heavy (non-hydrogen) atoms. The number of anilines is 2. The van der Waals surface area contributed by atoms with Gasteiger partial charge >= 0.3 is 0 Å². The number of nitrogens with one attached hydrogen (secondary N) is 1. The predicted octanol–water partition coefficient (Wildman–Crippen LogP) is 2.23. The van der Waals surface area contributed by atoms with E-state index in [9.17, 15) is 0 Å². The third-order valence-electron chi connectivity index (χ3n) is 2.30. The van der Waals surface area contributed by atoms with Gasteiger partial charge in [-0.05, 0) is 24.6 Å². The van der Waals surface area contributed by atoms with Gasteiger partial charge in [0.25, 0.3) is 0 Å². The summed E-state index contributed by atoms with van der Waals surface area (Å²) in [7, 11) is 0. The van der Waals surface area contributed by atoms with Crippen molar-refractivity contribution >= 4 is 27.3 Å². The first-order valence-corrected chi connectivity index (χ1v) is 5.44. The van der Waals surface area contributed by atoms with E-state index in [0.29, 0.717) is 6.04 Å². The lowest BCUT2D eigenvalue weighted by atomic mass is 10.2. The summed E-state index contributed by atoms with van der Waals surface area (Å²) in [5, 5.41) is 3.37. The highest BCUT2D eigenvalue weighted by Gasteiger charge is 2.15. The summed E-state index contributed by atoms with van der Waals surface area (Å²) in [5.41, 5.74) is 7.63. The van der Waals surface area contributed by atoms with Gasteiger partial charge in [-0.3, -0.25) is 0 Å². The minimum atomic E-state index is 0.401. The number of nitrogen functional groups attached to an aromatic ring is 1. The van der Waals surface area contributed by atoms with Gasteiger partial charge in [0.05, 0.1) is 24.0 Å². The number of ether oxygens (including phenoxy) is 1. The lowest BCUT2D eigenvalue weighted by Gasteiger charge is -2.14. The fourth-order valence-electron chi connectivity index (χ4n) is 1.53. The monoisotopic (exact) mass is 256 g/mol. The van der Waals surface area contributed by atoms with Gasteiger partial charge in [0, 0.05) is 11.1 Å². The molecule has 1 aliphatic heterocycles. The maximum atomic E-state index is 5.87. The van der Waals surface area contributed by atoms with E-state index >= 15 is 0 Å². The Bertz CT molecular complexity index is 324. The standard InChI is InChI=1S/C10H13BrN2O/c11-7-1-2-10(9(12)5-7)13-8-3-4-14-6-8/h1-2,5,8,13H,3-4,6,12H2/t8-/m1/s1. The van der Waals surface area contributed by atoms with Crippen molar-refractivity contribution < 1.29 is 4.74 Å². The van der Waals surface area contributed by atoms with Crippen LogP contribution < -0.4 is 11.1 Å². The van der Waals surface area contributed by atoms with E-state index in [0.717, 1.165) is 35.5 Å². The van der Waals surface area contributed by atoms with E-state index in [1.54, 1.807) is 0 Å². The Kier molecular flexibility index (Phi) is 2.93. The van der Waals surface area contributed by atoms with Crippen LogP contribution in [0.1, 0.15) is 6.42 Å². The second kappa shape index (κ2) is 4.19. The lowest BCUT2D eigenvalue weighted by molar-refractivity contribution is 0.195. The number of hydrogen-bond donors (Lipinski definition) is 2. The molecule has 0 bridgehead atoms. The molecule has 1 aliphatic rings. The summed E-state index contributed by atoms with van der Waals surface area (Å²) in [6.07, 6.45) is 1.05. The average Bonchev–Trinajstić information content (AvgIpc) is 2.62. The summed E-state index contributed by atoms with van der Waals surface area (Å²) < 4.78 is 6.28. The molecule has 1 heterocycles. The van der Waals surface area contributed by atoms with Crippen LogP contribution in [0.25, 0.3) is 0 Å². The van der Waals surface area contributed by atoms with Gasteiger partial charge in [-0.2, -0.15) is 0 Å². The Hall–Kier alpha value is -0.740. The van der Waals surface area contributed by atoms with E-state index in [4.69, 9.17) is 10.5 Å². The number of rotatable bonds is 2. The van der Waals surface area contributed by atoms with Crippen LogP contribution in [0.15, 0.2) is 22.7 Å². The Balaban J connectivity index is 2.08. The third-order valence-corrected chi connectivity index (χ3v) is 2.80. The number of halogens is 1. The van der Waals surface area contributed by atoms with E-state index in [1.165, 1.54) is 0 Å². The zero-order valence-electron chi connectivity index (χ0n) is 7.79. The van der Waals surface area contributed by atoms with Gasteiger partial charge in [-0.1, -0.05) is 15.9 Å². The van der Waals surface area contributed by atoms with Gasteiger partial charge < -0.3 is 15.8 Å². The molecule has 1 atom stereocenters. The van der Waals surface area contributed by atoms with Crippen LogP contribution in [-0.4, -0.2) is 19.3 Å². The van der Waals surface area contributed by atoms with Crippen LogP contribution >= 0.6 is 15.9 Å². The molecular formula is C10H13BrN2O. The summed E-state index contributed by atoms with van der Waals surface area (Å²) in [4.78, 5) is 0. The first-order valence-electron chi connectivity index (χ1n) is 4.65. The molecule has 0 spiro atoms. The van der Waals surface area contributed by atoms with Crippen LogP contribution in [0.5, 0.6) is 0 Å². The summed E-state index contributed by atoms with van der Waals surface area (Å²) in [6.45, 7) is 1.61. The number of nitrogens with two attached hydrogens (primary N) is 1. The molecule has 0 amide bonds. The maximum absolute atomic E-state index is 5.87. The fraction of sp³-hybridized carbons (Fsp3) is 0.400. The minimum Gasteiger partial charge on any atom is -0.397 e. The van der Waals surface area contributed by atoms with Crippen LogP contribution in [0.4, 0.5) is 11.4 Å². The molecule has 0 unspecified atom stereocenters. The number of hydrogen-bond acceptors (Lipinski definition) is 3. The Labute approximate surface area is 91.8 Å². The highest BCUT2D eigenvalue weighted by Crippen LogP contribution is 2.24. The molecule has 0 aromatic heterocycles. The van der Waals surface area contributed by atoms with Crippen molar-refractivity contribution in [2.45, 2.75) is 12.5 Å². The number of benzene rings is 1. The molecule has 2 rings (SSSR count). The van der Waals surface area contributed by atoms with Crippen molar-refractivity contribution in [3.63, 3.8) is 0 Å². The van der Waals surface area contributed by atoms with Crippen LogP contribution in [-0.2, 0) is 4.74 Å². The zero-order chi connectivity index (χ0) is 9.97. The molecule has 1 fully saturated rings. The molecule has 4 heteroatoms. The van der Waals surface area contributed by atoms with E-state index in [-0.39, 0.29) is 0 Å². The minimum absolute atomic E-state index is 0.401. The van der Waals surface area contributed by atoms with Crippen molar-refractivity contribution in [3.8, 4) is 0 Å². The van der Waals surface area contributed by atoms with E-state index in [2.05, 4.69) is 21.2 Å². The topological polar surface area (TPSA) is 47.3 Å². The largest absolute Gasteiger partial charge is 0.397 e. The average molecular weight is 257 g/mol. The lowest BCUT2D eigenvalue weighted by Crippen LogP contribution is -2.19. The second-order valence-electron chi connectivity index (χ2n) is 3.44. The van der Waals surface area contributed by atoms with Crippen molar-refractivity contribution in [2.24, 2.45) is 0 Å². The molecule has 1 aromatic carbocycles. The maximum Gasteiger partial charge on any atom is 0.0668 e. The normalized spacial score (nSPS) is 21.1. The quantitative estimate of drug-likeness (QED) is 0.799. The molecular weight excluding hydrogens is 244 g/mol. The first-order chi connectivity index (χ1) is 6.75. The van der Waals surface area contributed by atoms with Gasteiger partial charge in [0.1, 0.15) is 0 Å². The molecule has 76 valence electrons. The molecule has 3 N–H and O–H groups in total. The summed E-state index contributed by atoms with van der Waals surface area (Å²) in [5.74, 6) is 0. The van der Waals surface area contributed by atoms with Crippen molar-refractivity contribution in [1.29, 1.82) is 0 Å². The van der Waals surface area contributed by atoms with Gasteiger partial charge in [-0.25, -0.2) is 0 Å². The highest BCUT2D eigenvalue weighted by atomic mass is 79.9. The molecule has 1 saturated heterocycles. The van der Waals surface area contributed by atoms with Crippen LogP contribution in [0, 0.1) is 0 Å². The Morgan fingerprint density at radius 3 is 3.00 bits per heavy atom. The molecule has 1 aromatic rings. The first kappa shape index (κ1) is 9.80. The molecule has 0 radical (unpaired) electrons.